The molecule has 0 aliphatic heterocycles. The Hall–Kier alpha value is -0.280. The van der Waals surface area contributed by atoms with Gasteiger partial charge in [-0.15, -0.1) is 0 Å². The van der Waals surface area contributed by atoms with Crippen molar-refractivity contribution in [3.63, 3.8) is 0 Å². The Morgan fingerprint density at radius 2 is 1.75 bits per heavy atom. The van der Waals surface area contributed by atoms with E-state index < -0.39 is 0 Å². The van der Waals surface area contributed by atoms with Crippen molar-refractivity contribution < 1.29 is 10.2 Å². The highest BCUT2D eigenvalue weighted by Crippen LogP contribution is 2.27. The smallest absolute Gasteiger partial charge is 0.0697 e. The van der Waals surface area contributed by atoms with Gasteiger partial charge in [0.05, 0.1) is 23.3 Å². The summed E-state index contributed by atoms with van der Waals surface area (Å²) in [7, 11) is 0. The zero-order chi connectivity index (χ0) is 9.14. The molecule has 0 unspecified atom stereocenters. The van der Waals surface area contributed by atoms with Crippen LogP contribution in [-0.2, 0) is 13.2 Å². The lowest BCUT2D eigenvalue weighted by atomic mass is 10.1. The van der Waals surface area contributed by atoms with E-state index in [1.54, 1.807) is 12.1 Å². The molecule has 4 heteroatoms. The minimum Gasteiger partial charge on any atom is -0.392 e. The molecule has 12 heavy (non-hydrogen) atoms. The van der Waals surface area contributed by atoms with Crippen LogP contribution in [0.2, 0.25) is 10.0 Å². The highest BCUT2D eigenvalue weighted by atomic mass is 35.5. The van der Waals surface area contributed by atoms with Gasteiger partial charge in [0.15, 0.2) is 0 Å². The average molecular weight is 207 g/mol. The molecule has 0 amide bonds. The number of hydrogen-bond acceptors (Lipinski definition) is 2. The fraction of sp³-hybridized carbons (Fsp3) is 0.250. The molecular formula is C8H8Cl2O2. The van der Waals surface area contributed by atoms with Gasteiger partial charge in [-0.1, -0.05) is 23.2 Å². The van der Waals surface area contributed by atoms with Gasteiger partial charge in [0.1, 0.15) is 0 Å². The first-order chi connectivity index (χ1) is 5.69. The van der Waals surface area contributed by atoms with E-state index in [0.29, 0.717) is 21.2 Å². The molecule has 1 aromatic rings. The second-order valence-electron chi connectivity index (χ2n) is 2.37. The molecule has 0 bridgehead atoms. The SMILES string of the molecule is OCc1cc(Cl)c(Cl)c(CO)c1. The molecular weight excluding hydrogens is 199 g/mol. The van der Waals surface area contributed by atoms with Crippen LogP contribution < -0.4 is 0 Å². The summed E-state index contributed by atoms with van der Waals surface area (Å²) in [5.41, 5.74) is 1.18. The van der Waals surface area contributed by atoms with Crippen LogP contribution in [0, 0.1) is 0 Å². The van der Waals surface area contributed by atoms with Crippen molar-refractivity contribution in [3.05, 3.63) is 33.3 Å². The van der Waals surface area contributed by atoms with Gasteiger partial charge in [-0.25, -0.2) is 0 Å². The minimum atomic E-state index is -0.174. The van der Waals surface area contributed by atoms with Gasteiger partial charge < -0.3 is 10.2 Å². The van der Waals surface area contributed by atoms with Gasteiger partial charge in [0.2, 0.25) is 0 Å². The fourth-order valence-electron chi connectivity index (χ4n) is 0.915. The van der Waals surface area contributed by atoms with Crippen molar-refractivity contribution >= 4 is 23.2 Å². The first kappa shape index (κ1) is 9.81. The maximum atomic E-state index is 8.84. The lowest BCUT2D eigenvalue weighted by Crippen LogP contribution is -1.90. The van der Waals surface area contributed by atoms with Gasteiger partial charge in [-0.2, -0.15) is 0 Å². The largest absolute Gasteiger partial charge is 0.392 e. The third-order valence-electron chi connectivity index (χ3n) is 1.52. The molecule has 0 fully saturated rings. The van der Waals surface area contributed by atoms with E-state index >= 15 is 0 Å². The average Bonchev–Trinajstić information content (AvgIpc) is 2.09. The van der Waals surface area contributed by atoms with Crippen molar-refractivity contribution in [2.24, 2.45) is 0 Å². The molecule has 0 aliphatic rings. The van der Waals surface area contributed by atoms with E-state index in [4.69, 9.17) is 33.4 Å². The van der Waals surface area contributed by atoms with Gasteiger partial charge in [-0.3, -0.25) is 0 Å². The van der Waals surface area contributed by atoms with Crippen LogP contribution in [0.3, 0.4) is 0 Å². The minimum absolute atomic E-state index is 0.107. The van der Waals surface area contributed by atoms with E-state index in [9.17, 15) is 0 Å². The van der Waals surface area contributed by atoms with E-state index in [-0.39, 0.29) is 13.2 Å². The molecule has 0 saturated carbocycles. The Bertz CT molecular complexity index is 287. The van der Waals surface area contributed by atoms with E-state index in [0.717, 1.165) is 0 Å². The summed E-state index contributed by atoms with van der Waals surface area (Å²) >= 11 is 11.5. The van der Waals surface area contributed by atoms with Crippen LogP contribution in [0.4, 0.5) is 0 Å². The normalized spacial score (nSPS) is 10.3. The van der Waals surface area contributed by atoms with Gasteiger partial charge >= 0.3 is 0 Å². The third-order valence-corrected chi connectivity index (χ3v) is 2.36. The zero-order valence-electron chi connectivity index (χ0n) is 6.22. The molecule has 1 aromatic carbocycles. The summed E-state index contributed by atoms with van der Waals surface area (Å²) in [4.78, 5) is 0. The first-order valence-corrected chi connectivity index (χ1v) is 4.13. The Labute approximate surface area is 80.4 Å². The molecule has 2 nitrogen and oxygen atoms in total. The molecule has 0 radical (unpaired) electrons. The van der Waals surface area contributed by atoms with Crippen molar-refractivity contribution in [2.75, 3.05) is 0 Å². The Morgan fingerprint density at radius 3 is 2.25 bits per heavy atom. The van der Waals surface area contributed by atoms with E-state index in [2.05, 4.69) is 0 Å². The number of halogens is 2. The number of benzene rings is 1. The highest BCUT2D eigenvalue weighted by molar-refractivity contribution is 6.42. The van der Waals surface area contributed by atoms with Crippen molar-refractivity contribution in [3.8, 4) is 0 Å². The topological polar surface area (TPSA) is 40.5 Å². The number of aliphatic hydroxyl groups excluding tert-OH is 2. The summed E-state index contributed by atoms with van der Waals surface area (Å²) in [6.07, 6.45) is 0. The number of rotatable bonds is 2. The predicted octanol–water partition coefficient (Wildman–Crippen LogP) is 1.98. The van der Waals surface area contributed by atoms with Crippen LogP contribution in [0.5, 0.6) is 0 Å². The molecule has 66 valence electrons. The zero-order valence-corrected chi connectivity index (χ0v) is 7.73. The summed E-state index contributed by atoms with van der Waals surface area (Å²) in [5, 5.41) is 18.3. The second-order valence-corrected chi connectivity index (χ2v) is 3.15. The monoisotopic (exact) mass is 206 g/mol. The molecule has 0 heterocycles. The molecule has 2 N–H and O–H groups in total. The Kier molecular flexibility index (Phi) is 3.35. The fourth-order valence-corrected chi connectivity index (χ4v) is 1.35. The van der Waals surface area contributed by atoms with Crippen molar-refractivity contribution in [2.45, 2.75) is 13.2 Å². The van der Waals surface area contributed by atoms with Crippen LogP contribution in [-0.4, -0.2) is 10.2 Å². The van der Waals surface area contributed by atoms with Crippen molar-refractivity contribution in [1.82, 2.24) is 0 Å². The molecule has 0 aromatic heterocycles. The van der Waals surface area contributed by atoms with Gasteiger partial charge in [0.25, 0.3) is 0 Å². The maximum Gasteiger partial charge on any atom is 0.0697 e. The molecule has 0 aliphatic carbocycles. The summed E-state index contributed by atoms with van der Waals surface area (Å²) in [5.74, 6) is 0. The van der Waals surface area contributed by atoms with Crippen LogP contribution in [0.1, 0.15) is 11.1 Å². The predicted molar refractivity (Wildman–Crippen MR) is 48.3 cm³/mol. The lowest BCUT2D eigenvalue weighted by molar-refractivity contribution is 0.275. The number of hydrogen-bond donors (Lipinski definition) is 2. The third kappa shape index (κ3) is 1.90. The van der Waals surface area contributed by atoms with Gasteiger partial charge in [0, 0.05) is 0 Å². The van der Waals surface area contributed by atoms with Crippen LogP contribution >= 0.6 is 23.2 Å². The quantitative estimate of drug-likeness (QED) is 0.778. The van der Waals surface area contributed by atoms with Crippen molar-refractivity contribution in [1.29, 1.82) is 0 Å². The summed E-state index contributed by atoms with van der Waals surface area (Å²) in [6.45, 7) is -0.281. The molecule has 1 rings (SSSR count). The van der Waals surface area contributed by atoms with Crippen LogP contribution in [0.15, 0.2) is 12.1 Å². The molecule has 0 spiro atoms. The Balaban J connectivity index is 3.19. The first-order valence-electron chi connectivity index (χ1n) is 3.37. The Morgan fingerprint density at radius 1 is 1.08 bits per heavy atom. The second kappa shape index (κ2) is 4.10. The standard InChI is InChI=1S/C8H8Cl2O2/c9-7-2-5(3-11)1-6(4-12)8(7)10/h1-2,11-12H,3-4H2. The summed E-state index contributed by atoms with van der Waals surface area (Å²) < 4.78 is 0. The van der Waals surface area contributed by atoms with E-state index in [1.807, 2.05) is 0 Å². The highest BCUT2D eigenvalue weighted by Gasteiger charge is 2.05. The lowest BCUT2D eigenvalue weighted by Gasteiger charge is -2.05. The van der Waals surface area contributed by atoms with E-state index in [1.165, 1.54) is 0 Å². The maximum absolute atomic E-state index is 8.84. The molecule has 0 saturated heterocycles. The van der Waals surface area contributed by atoms with Gasteiger partial charge in [-0.05, 0) is 23.3 Å². The summed E-state index contributed by atoms with van der Waals surface area (Å²) in [6, 6.07) is 3.19. The number of aliphatic hydroxyl groups is 2. The van der Waals surface area contributed by atoms with Crippen LogP contribution in [0.25, 0.3) is 0 Å². The molecule has 0 atom stereocenters.